The number of hydrogen-bond donors (Lipinski definition) is 0. The Labute approximate surface area is 131 Å². The largest absolute Gasteiger partial charge is 0.346 e. The zero-order chi connectivity index (χ0) is 14.4. The minimum Gasteiger partial charge on any atom is -0.126 e. The van der Waals surface area contributed by atoms with Crippen LogP contribution in [-0.2, 0) is 6.67 Å². The summed E-state index contributed by atoms with van der Waals surface area (Å²) in [7, 11) is 0. The van der Waals surface area contributed by atoms with E-state index in [0.717, 1.165) is 6.67 Å². The van der Waals surface area contributed by atoms with Gasteiger partial charge in [0.05, 0.1) is 0 Å². The van der Waals surface area contributed by atoms with Crippen LogP contribution in [0.4, 0.5) is 0 Å². The Morgan fingerprint density at radius 1 is 0.714 bits per heavy atom. The van der Waals surface area contributed by atoms with Gasteiger partial charge in [-0.05, 0) is 12.1 Å². The first-order chi connectivity index (χ1) is 10.2. The summed E-state index contributed by atoms with van der Waals surface area (Å²) in [4.78, 5) is 0. The fourth-order valence-electron chi connectivity index (χ4n) is 2.79. The molecule has 0 bridgehead atoms. The van der Waals surface area contributed by atoms with Crippen LogP contribution in [0.15, 0.2) is 48.5 Å². The third-order valence-corrected chi connectivity index (χ3v) is 6.03. The summed E-state index contributed by atoms with van der Waals surface area (Å²) in [5.74, 6) is 0. The van der Waals surface area contributed by atoms with E-state index < -0.39 is 0 Å². The number of fused-ring (bicyclic) bond motifs is 2. The summed E-state index contributed by atoms with van der Waals surface area (Å²) in [6, 6.07) is 17.3. The van der Waals surface area contributed by atoms with Crippen molar-refractivity contribution in [2.75, 3.05) is 0 Å². The average molecular weight is 312 g/mol. The van der Waals surface area contributed by atoms with Gasteiger partial charge in [0.25, 0.3) is 0 Å². The number of rotatable bonds is 2. The maximum Gasteiger partial charge on any atom is 0.346 e. The molecule has 21 heavy (non-hydrogen) atoms. The molecule has 4 heteroatoms. The molecular weight excluding hydrogens is 296 g/mol. The minimum atomic E-state index is 0.881. The molecule has 0 fully saturated rings. The van der Waals surface area contributed by atoms with Crippen LogP contribution in [-0.4, -0.2) is 0 Å². The monoisotopic (exact) mass is 312 g/mol. The van der Waals surface area contributed by atoms with Gasteiger partial charge in [-0.25, -0.2) is 0 Å². The number of aromatic nitrogens is 2. The number of hydrogen-bond acceptors (Lipinski definition) is 2. The summed E-state index contributed by atoms with van der Waals surface area (Å²) in [6.45, 7) is 5.29. The molecule has 0 spiro atoms. The van der Waals surface area contributed by atoms with Gasteiger partial charge >= 0.3 is 6.67 Å². The fraction of sp³-hybridized carbons (Fsp3) is 0.176. The molecule has 0 radical (unpaired) electrons. The summed E-state index contributed by atoms with van der Waals surface area (Å²) < 4.78 is 7.53. The molecule has 0 amide bonds. The Balaban J connectivity index is 1.91. The van der Waals surface area contributed by atoms with Crippen molar-refractivity contribution in [1.82, 2.24) is 0 Å². The lowest BCUT2D eigenvalue weighted by molar-refractivity contribution is -0.891. The van der Waals surface area contributed by atoms with Crippen molar-refractivity contribution in [3.63, 3.8) is 0 Å². The van der Waals surface area contributed by atoms with Crippen LogP contribution in [0.2, 0.25) is 0 Å². The lowest BCUT2D eigenvalue weighted by atomic mass is 10.3. The van der Waals surface area contributed by atoms with Gasteiger partial charge in [-0.2, -0.15) is 0 Å². The molecule has 0 aliphatic carbocycles. The van der Waals surface area contributed by atoms with E-state index in [2.05, 4.69) is 71.5 Å². The SMILES string of the molecule is Cc1sc2ccccc2[n+]1C[n+]1c(C)sc2ccccc21. The van der Waals surface area contributed by atoms with Gasteiger partial charge in [0, 0.05) is 26.0 Å². The Hall–Kier alpha value is -1.78. The molecule has 2 aromatic heterocycles. The minimum absolute atomic E-state index is 0.881. The molecule has 0 atom stereocenters. The van der Waals surface area contributed by atoms with E-state index in [1.54, 1.807) is 0 Å². The van der Waals surface area contributed by atoms with E-state index in [1.807, 2.05) is 22.7 Å². The summed E-state index contributed by atoms with van der Waals surface area (Å²) in [5, 5.41) is 2.69. The topological polar surface area (TPSA) is 7.76 Å². The molecule has 2 aromatic carbocycles. The maximum absolute atomic E-state index is 2.41. The van der Waals surface area contributed by atoms with Crippen LogP contribution in [0.1, 0.15) is 10.0 Å². The van der Waals surface area contributed by atoms with Gasteiger partial charge < -0.3 is 0 Å². The number of aryl methyl sites for hydroxylation is 2. The molecule has 2 nitrogen and oxygen atoms in total. The molecule has 0 saturated heterocycles. The van der Waals surface area contributed by atoms with Gasteiger partial charge in [0.2, 0.25) is 21.0 Å². The third-order valence-electron chi connectivity index (χ3n) is 3.87. The molecule has 0 saturated carbocycles. The summed E-state index contributed by atoms with van der Waals surface area (Å²) >= 11 is 3.73. The first kappa shape index (κ1) is 12.9. The van der Waals surface area contributed by atoms with E-state index in [0.29, 0.717) is 0 Å². The first-order valence-corrected chi connectivity index (χ1v) is 8.63. The standard InChI is InChI=1S/C17H16N2S2/c1-12-18(14-7-3-5-9-16(14)20-12)11-19-13(2)21-17-10-6-4-8-15(17)19/h3-10H,11H2,1-2H3/q+2. The predicted molar refractivity (Wildman–Crippen MR) is 88.9 cm³/mol. The molecule has 0 unspecified atom stereocenters. The van der Waals surface area contributed by atoms with Crippen molar-refractivity contribution >= 4 is 43.1 Å². The van der Waals surface area contributed by atoms with Crippen LogP contribution >= 0.6 is 22.7 Å². The highest BCUT2D eigenvalue weighted by Crippen LogP contribution is 2.21. The van der Waals surface area contributed by atoms with E-state index in [9.17, 15) is 0 Å². The van der Waals surface area contributed by atoms with Crippen LogP contribution in [0.25, 0.3) is 20.4 Å². The second-order valence-electron chi connectivity index (χ2n) is 5.18. The van der Waals surface area contributed by atoms with E-state index in [1.165, 1.54) is 30.4 Å². The van der Waals surface area contributed by atoms with Gasteiger partial charge in [-0.3, -0.25) is 0 Å². The molecule has 4 rings (SSSR count). The van der Waals surface area contributed by atoms with Crippen LogP contribution in [0.3, 0.4) is 0 Å². The highest BCUT2D eigenvalue weighted by molar-refractivity contribution is 7.18. The summed E-state index contributed by atoms with van der Waals surface area (Å²) in [5.41, 5.74) is 2.64. The van der Waals surface area contributed by atoms with Gasteiger partial charge in [-0.1, -0.05) is 46.9 Å². The Morgan fingerprint density at radius 3 is 1.62 bits per heavy atom. The van der Waals surface area contributed by atoms with Crippen molar-refractivity contribution < 1.29 is 9.13 Å². The normalized spacial score (nSPS) is 11.5. The molecule has 2 heterocycles. The number of benzene rings is 2. The molecule has 0 aliphatic rings. The number of thiazole rings is 2. The second kappa shape index (κ2) is 4.90. The second-order valence-corrected chi connectivity index (χ2v) is 7.64. The van der Waals surface area contributed by atoms with Crippen LogP contribution in [0.5, 0.6) is 0 Å². The van der Waals surface area contributed by atoms with Gasteiger partial charge in [0.1, 0.15) is 9.40 Å². The van der Waals surface area contributed by atoms with Crippen molar-refractivity contribution in [2.45, 2.75) is 20.5 Å². The highest BCUT2D eigenvalue weighted by Gasteiger charge is 2.25. The first-order valence-electron chi connectivity index (χ1n) is 7.00. The number of nitrogens with zero attached hydrogens (tertiary/aromatic N) is 2. The van der Waals surface area contributed by atoms with Gasteiger partial charge in [0.15, 0.2) is 0 Å². The van der Waals surface area contributed by atoms with Crippen molar-refractivity contribution in [2.24, 2.45) is 0 Å². The lowest BCUT2D eigenvalue weighted by Crippen LogP contribution is -2.53. The summed E-state index contributed by atoms with van der Waals surface area (Å²) in [6.07, 6.45) is 0. The Bertz CT molecular complexity index is 872. The number of para-hydroxylation sites is 2. The lowest BCUT2D eigenvalue weighted by Gasteiger charge is -1.94. The molecule has 0 aliphatic heterocycles. The predicted octanol–water partition coefficient (Wildman–Crippen LogP) is 3.81. The van der Waals surface area contributed by atoms with E-state index in [4.69, 9.17) is 0 Å². The van der Waals surface area contributed by atoms with E-state index in [-0.39, 0.29) is 0 Å². The Morgan fingerprint density at radius 2 is 1.14 bits per heavy atom. The van der Waals surface area contributed by atoms with E-state index >= 15 is 0 Å². The van der Waals surface area contributed by atoms with Crippen LogP contribution in [0, 0.1) is 13.8 Å². The molecule has 104 valence electrons. The third kappa shape index (κ3) is 2.06. The maximum atomic E-state index is 2.41. The smallest absolute Gasteiger partial charge is 0.126 e. The molecular formula is C17H16N2S2+2. The van der Waals surface area contributed by atoms with Crippen molar-refractivity contribution in [1.29, 1.82) is 0 Å². The molecule has 0 N–H and O–H groups in total. The Kier molecular flexibility index (Phi) is 3.01. The zero-order valence-corrected chi connectivity index (χ0v) is 13.7. The van der Waals surface area contributed by atoms with Crippen molar-refractivity contribution in [3.8, 4) is 0 Å². The molecule has 4 aromatic rings. The average Bonchev–Trinajstić information content (AvgIpc) is 2.97. The van der Waals surface area contributed by atoms with Crippen molar-refractivity contribution in [3.05, 3.63) is 58.5 Å². The fourth-order valence-corrected chi connectivity index (χ4v) is 4.82. The van der Waals surface area contributed by atoms with Crippen LogP contribution < -0.4 is 9.13 Å². The van der Waals surface area contributed by atoms with Gasteiger partial charge in [-0.15, -0.1) is 9.13 Å². The zero-order valence-electron chi connectivity index (χ0n) is 12.0. The highest BCUT2D eigenvalue weighted by atomic mass is 32.1. The quantitative estimate of drug-likeness (QED) is 0.497.